The first kappa shape index (κ1) is 36.8. The van der Waals surface area contributed by atoms with E-state index in [1.807, 2.05) is 0 Å². The van der Waals surface area contributed by atoms with Gasteiger partial charge in [-0.05, 0) is 121 Å². The summed E-state index contributed by atoms with van der Waals surface area (Å²) in [6.07, 6.45) is 1.73. The summed E-state index contributed by atoms with van der Waals surface area (Å²) in [6.45, 7) is 4.67. The molecule has 0 aliphatic carbocycles. The third-order valence-electron chi connectivity index (χ3n) is 12.9. The summed E-state index contributed by atoms with van der Waals surface area (Å²) in [5.74, 6) is 0.165. The maximum atomic E-state index is 6.50. The fourth-order valence-corrected chi connectivity index (χ4v) is 9.92. The molecule has 9 aromatic carbocycles. The molecular weight excluding hydrogens is 739 g/mol. The minimum Gasteiger partial charge on any atom is -0.456 e. The van der Waals surface area contributed by atoms with E-state index in [-0.39, 0.29) is 12.0 Å². The Morgan fingerprint density at radius 2 is 1.11 bits per heavy atom. The number of benzene rings is 9. The standard InChI is InChI=1S/C59H45NO/c1-3-49-57(48-20-12-19-45(36-48)52-22-13-23-56-58(52)53-37-44(31-33-55(53)61-56)40-16-8-5-9-17-40)38(2)34-54(47-30-32-51-46(35-47)29-26-42-18-10-11-21-50(42)51)60-59(49)43-27-24-41(25-28-43)39-14-6-4-7-15-39/h4-33,35-37,49,59H,3,34H2,1-2H3. The van der Waals surface area contributed by atoms with Gasteiger partial charge in [-0.15, -0.1) is 0 Å². The average molecular weight is 784 g/mol. The molecule has 11 rings (SSSR count). The lowest BCUT2D eigenvalue weighted by Gasteiger charge is -2.27. The Morgan fingerprint density at radius 3 is 1.92 bits per heavy atom. The van der Waals surface area contributed by atoms with Crippen LogP contribution in [0.1, 0.15) is 49.4 Å². The Morgan fingerprint density at radius 1 is 0.475 bits per heavy atom. The topological polar surface area (TPSA) is 25.5 Å². The molecule has 1 aliphatic rings. The highest BCUT2D eigenvalue weighted by atomic mass is 16.3. The third-order valence-corrected chi connectivity index (χ3v) is 12.9. The minimum atomic E-state index is -0.0640. The molecule has 0 saturated heterocycles. The Labute approximate surface area is 357 Å². The molecule has 0 radical (unpaired) electrons. The van der Waals surface area contributed by atoms with Gasteiger partial charge in [0.2, 0.25) is 0 Å². The zero-order chi connectivity index (χ0) is 40.9. The number of fused-ring (bicyclic) bond motifs is 6. The average Bonchev–Trinajstić information content (AvgIpc) is 3.63. The first-order chi connectivity index (χ1) is 30.1. The minimum absolute atomic E-state index is 0.0640. The first-order valence-corrected chi connectivity index (χ1v) is 21.5. The second-order valence-corrected chi connectivity index (χ2v) is 16.6. The molecule has 1 aromatic heterocycles. The van der Waals surface area contributed by atoms with Crippen LogP contribution in [-0.2, 0) is 0 Å². The summed E-state index contributed by atoms with van der Waals surface area (Å²) in [5.41, 5.74) is 16.6. The van der Waals surface area contributed by atoms with Gasteiger partial charge in [0.15, 0.2) is 0 Å². The van der Waals surface area contributed by atoms with E-state index >= 15 is 0 Å². The molecule has 0 fully saturated rings. The van der Waals surface area contributed by atoms with Crippen molar-refractivity contribution in [3.8, 4) is 33.4 Å². The highest BCUT2D eigenvalue weighted by molar-refractivity contribution is 6.14. The monoisotopic (exact) mass is 783 g/mol. The lowest BCUT2D eigenvalue weighted by Crippen LogP contribution is -2.13. The number of allylic oxidation sites excluding steroid dienone is 1. The largest absolute Gasteiger partial charge is 0.456 e. The molecule has 0 N–H and O–H groups in total. The van der Waals surface area contributed by atoms with Crippen LogP contribution < -0.4 is 0 Å². The predicted molar refractivity (Wildman–Crippen MR) is 258 cm³/mol. The maximum Gasteiger partial charge on any atom is 0.136 e. The van der Waals surface area contributed by atoms with E-state index in [0.717, 1.165) is 40.5 Å². The van der Waals surface area contributed by atoms with E-state index in [9.17, 15) is 0 Å². The molecule has 0 bridgehead atoms. The molecular formula is C59H45NO. The zero-order valence-corrected chi connectivity index (χ0v) is 34.5. The fourth-order valence-electron chi connectivity index (χ4n) is 9.92. The second kappa shape index (κ2) is 15.4. The lowest BCUT2D eigenvalue weighted by molar-refractivity contribution is 0.525. The predicted octanol–water partition coefficient (Wildman–Crippen LogP) is 16.3. The molecule has 10 aromatic rings. The number of nitrogens with zero attached hydrogens (tertiary/aromatic N) is 1. The Bertz CT molecular complexity index is 3320. The first-order valence-electron chi connectivity index (χ1n) is 21.5. The van der Waals surface area contributed by atoms with Gasteiger partial charge in [-0.25, -0.2) is 0 Å². The van der Waals surface area contributed by atoms with Crippen molar-refractivity contribution in [2.75, 3.05) is 0 Å². The van der Waals surface area contributed by atoms with Crippen molar-refractivity contribution in [3.05, 3.63) is 222 Å². The summed E-state index contributed by atoms with van der Waals surface area (Å²) < 4.78 is 6.50. The SMILES string of the molecule is CCC1C(c2cccc(-c3cccc4oc5ccc(-c6ccccc6)cc5c34)c2)=C(C)CC(c2ccc3c(ccc4ccccc43)c2)=NC1c1ccc(-c2ccccc2)cc1. The van der Waals surface area contributed by atoms with Crippen molar-refractivity contribution in [1.82, 2.24) is 0 Å². The van der Waals surface area contributed by atoms with Crippen molar-refractivity contribution >= 4 is 54.8 Å². The van der Waals surface area contributed by atoms with Gasteiger partial charge in [0, 0.05) is 28.8 Å². The second-order valence-electron chi connectivity index (χ2n) is 16.6. The molecule has 292 valence electrons. The van der Waals surface area contributed by atoms with Gasteiger partial charge in [0.05, 0.1) is 6.04 Å². The highest BCUT2D eigenvalue weighted by Crippen LogP contribution is 2.46. The van der Waals surface area contributed by atoms with E-state index in [0.29, 0.717) is 0 Å². The van der Waals surface area contributed by atoms with Crippen molar-refractivity contribution in [3.63, 3.8) is 0 Å². The van der Waals surface area contributed by atoms with Crippen LogP contribution in [0.15, 0.2) is 215 Å². The summed E-state index contributed by atoms with van der Waals surface area (Å²) in [6, 6.07) is 72.7. The summed E-state index contributed by atoms with van der Waals surface area (Å²) in [4.78, 5) is 5.81. The van der Waals surface area contributed by atoms with Crippen molar-refractivity contribution in [1.29, 1.82) is 0 Å². The van der Waals surface area contributed by atoms with E-state index in [1.165, 1.54) is 82.8 Å². The van der Waals surface area contributed by atoms with E-state index in [4.69, 9.17) is 9.41 Å². The molecule has 0 spiro atoms. The van der Waals surface area contributed by atoms with E-state index in [2.05, 4.69) is 214 Å². The molecule has 2 heterocycles. The van der Waals surface area contributed by atoms with Crippen molar-refractivity contribution < 1.29 is 4.42 Å². The maximum absolute atomic E-state index is 6.50. The number of rotatable bonds is 7. The van der Waals surface area contributed by atoms with Crippen molar-refractivity contribution in [2.45, 2.75) is 32.7 Å². The van der Waals surface area contributed by atoms with Crippen LogP contribution >= 0.6 is 0 Å². The summed E-state index contributed by atoms with van der Waals surface area (Å²) in [7, 11) is 0. The van der Waals surface area contributed by atoms with Crippen LogP contribution in [-0.4, -0.2) is 5.71 Å². The van der Waals surface area contributed by atoms with Crippen LogP contribution in [0.25, 0.3) is 82.4 Å². The van der Waals surface area contributed by atoms with E-state index in [1.54, 1.807) is 0 Å². The quantitative estimate of drug-likeness (QED) is 0.148. The summed E-state index contributed by atoms with van der Waals surface area (Å²) >= 11 is 0. The Hall–Kier alpha value is -7.29. The van der Waals surface area contributed by atoms with Crippen LogP contribution in [0.4, 0.5) is 0 Å². The molecule has 2 atom stereocenters. The smallest absolute Gasteiger partial charge is 0.136 e. The number of hydrogen-bond donors (Lipinski definition) is 0. The summed E-state index contributed by atoms with van der Waals surface area (Å²) in [5, 5.41) is 7.35. The van der Waals surface area contributed by atoms with Gasteiger partial charge in [0.25, 0.3) is 0 Å². The molecule has 2 heteroatoms. The molecule has 0 amide bonds. The molecule has 0 saturated carbocycles. The molecule has 1 aliphatic heterocycles. The number of aliphatic imine (C=N–C) groups is 1. The number of furan rings is 1. The van der Waals surface area contributed by atoms with Gasteiger partial charge in [-0.3, -0.25) is 4.99 Å². The van der Waals surface area contributed by atoms with Gasteiger partial charge >= 0.3 is 0 Å². The van der Waals surface area contributed by atoms with Crippen molar-refractivity contribution in [2.24, 2.45) is 10.9 Å². The van der Waals surface area contributed by atoms with Crippen LogP contribution in [0.3, 0.4) is 0 Å². The van der Waals surface area contributed by atoms with Crippen LogP contribution in [0.5, 0.6) is 0 Å². The third kappa shape index (κ3) is 6.66. The lowest BCUT2D eigenvalue weighted by atomic mass is 9.79. The van der Waals surface area contributed by atoms with Gasteiger partial charge in [-0.1, -0.05) is 182 Å². The molecule has 2 nitrogen and oxygen atoms in total. The Balaban J connectivity index is 1.05. The fraction of sp³-hybridized carbons (Fsp3) is 0.102. The Kier molecular flexibility index (Phi) is 9.27. The highest BCUT2D eigenvalue weighted by Gasteiger charge is 2.31. The van der Waals surface area contributed by atoms with Crippen LogP contribution in [0.2, 0.25) is 0 Å². The number of hydrogen-bond acceptors (Lipinski definition) is 2. The molecule has 2 unspecified atom stereocenters. The van der Waals surface area contributed by atoms with Gasteiger partial charge < -0.3 is 4.42 Å². The molecule has 61 heavy (non-hydrogen) atoms. The zero-order valence-electron chi connectivity index (χ0n) is 34.5. The van der Waals surface area contributed by atoms with E-state index < -0.39 is 0 Å². The normalized spacial score (nSPS) is 15.7. The van der Waals surface area contributed by atoms with Crippen LogP contribution in [0, 0.1) is 5.92 Å². The van der Waals surface area contributed by atoms with Gasteiger partial charge in [-0.2, -0.15) is 0 Å². The van der Waals surface area contributed by atoms with Gasteiger partial charge in [0.1, 0.15) is 11.2 Å².